The Morgan fingerprint density at radius 1 is 1.44 bits per heavy atom. The Balaban J connectivity index is 4.05. The summed E-state index contributed by atoms with van der Waals surface area (Å²) in [7, 11) is 3.18. The Labute approximate surface area is 95.7 Å². The number of hydrogen-bond acceptors (Lipinski definition) is 5. The van der Waals surface area contributed by atoms with Crippen LogP contribution in [0.4, 0.5) is 0 Å². The summed E-state index contributed by atoms with van der Waals surface area (Å²) in [5.74, 6) is -1.12. The van der Waals surface area contributed by atoms with Gasteiger partial charge in [-0.2, -0.15) is 0 Å². The SMILES string of the molecule is CCOC(=O)C(N)C(=O)N(C)CCCOC. The van der Waals surface area contributed by atoms with Gasteiger partial charge in [0.25, 0.3) is 5.91 Å². The van der Waals surface area contributed by atoms with Gasteiger partial charge in [-0.1, -0.05) is 0 Å². The van der Waals surface area contributed by atoms with Crippen LogP contribution in [0.2, 0.25) is 0 Å². The number of esters is 1. The fourth-order valence-corrected chi connectivity index (χ4v) is 1.13. The highest BCUT2D eigenvalue weighted by atomic mass is 16.5. The summed E-state index contributed by atoms with van der Waals surface area (Å²) < 4.78 is 9.52. The number of carbonyl (C=O) groups is 2. The van der Waals surface area contributed by atoms with Crippen LogP contribution >= 0.6 is 0 Å². The molecule has 1 atom stereocenters. The zero-order valence-corrected chi connectivity index (χ0v) is 10.1. The van der Waals surface area contributed by atoms with E-state index >= 15 is 0 Å². The van der Waals surface area contributed by atoms with Gasteiger partial charge < -0.3 is 20.1 Å². The van der Waals surface area contributed by atoms with Crippen LogP contribution in [0.25, 0.3) is 0 Å². The average Bonchev–Trinajstić information content (AvgIpc) is 2.27. The van der Waals surface area contributed by atoms with Crippen LogP contribution in [0.3, 0.4) is 0 Å². The van der Waals surface area contributed by atoms with Crippen molar-refractivity contribution in [2.45, 2.75) is 19.4 Å². The van der Waals surface area contributed by atoms with E-state index in [0.717, 1.165) is 0 Å². The quantitative estimate of drug-likeness (QED) is 0.359. The average molecular weight is 232 g/mol. The van der Waals surface area contributed by atoms with Gasteiger partial charge in [-0.25, -0.2) is 4.79 Å². The van der Waals surface area contributed by atoms with Crippen molar-refractivity contribution in [2.24, 2.45) is 5.73 Å². The van der Waals surface area contributed by atoms with E-state index < -0.39 is 17.9 Å². The number of ether oxygens (including phenoxy) is 2. The highest BCUT2D eigenvalue weighted by molar-refractivity contribution is 6.01. The summed E-state index contributed by atoms with van der Waals surface area (Å²) in [6, 6.07) is -1.23. The zero-order valence-electron chi connectivity index (χ0n) is 10.1. The van der Waals surface area contributed by atoms with Gasteiger partial charge in [0, 0.05) is 27.3 Å². The maximum absolute atomic E-state index is 11.6. The molecule has 94 valence electrons. The lowest BCUT2D eigenvalue weighted by atomic mass is 10.2. The molecule has 0 heterocycles. The topological polar surface area (TPSA) is 81.9 Å². The Morgan fingerprint density at radius 2 is 2.06 bits per heavy atom. The lowest BCUT2D eigenvalue weighted by molar-refractivity contribution is -0.150. The summed E-state index contributed by atoms with van der Waals surface area (Å²) in [5.41, 5.74) is 5.45. The molecule has 0 spiro atoms. The normalized spacial score (nSPS) is 12.0. The molecule has 2 N–H and O–H groups in total. The lowest BCUT2D eigenvalue weighted by Gasteiger charge is -2.20. The molecular formula is C10H20N2O4. The van der Waals surface area contributed by atoms with E-state index in [-0.39, 0.29) is 6.61 Å². The molecule has 0 saturated carbocycles. The molecule has 0 aliphatic heterocycles. The second kappa shape index (κ2) is 8.06. The van der Waals surface area contributed by atoms with Crippen LogP contribution in [0, 0.1) is 0 Å². The molecule has 0 aliphatic carbocycles. The van der Waals surface area contributed by atoms with Crippen LogP contribution in [0.15, 0.2) is 0 Å². The molecule has 0 bridgehead atoms. The van der Waals surface area contributed by atoms with Gasteiger partial charge >= 0.3 is 5.97 Å². The molecule has 6 nitrogen and oxygen atoms in total. The summed E-state index contributed by atoms with van der Waals surface area (Å²) in [4.78, 5) is 24.2. The van der Waals surface area contributed by atoms with Gasteiger partial charge in [0.15, 0.2) is 6.04 Å². The number of likely N-dealkylation sites (N-methyl/N-ethyl adjacent to an activating group) is 1. The predicted molar refractivity (Wildman–Crippen MR) is 58.7 cm³/mol. The van der Waals surface area contributed by atoms with Crippen LogP contribution in [0.1, 0.15) is 13.3 Å². The fraction of sp³-hybridized carbons (Fsp3) is 0.800. The third-order valence-electron chi connectivity index (χ3n) is 2.02. The number of nitrogens with zero attached hydrogens (tertiary/aromatic N) is 1. The van der Waals surface area contributed by atoms with Crippen LogP contribution in [-0.4, -0.2) is 56.7 Å². The zero-order chi connectivity index (χ0) is 12.6. The maximum atomic E-state index is 11.6. The summed E-state index contributed by atoms with van der Waals surface area (Å²) >= 11 is 0. The molecule has 0 fully saturated rings. The Bertz CT molecular complexity index is 233. The minimum atomic E-state index is -1.23. The van der Waals surface area contributed by atoms with E-state index in [1.54, 1.807) is 21.1 Å². The van der Waals surface area contributed by atoms with Crippen molar-refractivity contribution in [3.8, 4) is 0 Å². The van der Waals surface area contributed by atoms with E-state index in [0.29, 0.717) is 19.6 Å². The van der Waals surface area contributed by atoms with Gasteiger partial charge in [-0.3, -0.25) is 4.79 Å². The number of methoxy groups -OCH3 is 1. The third kappa shape index (κ3) is 5.09. The largest absolute Gasteiger partial charge is 0.464 e. The minimum absolute atomic E-state index is 0.215. The Morgan fingerprint density at radius 3 is 2.56 bits per heavy atom. The van der Waals surface area contributed by atoms with Gasteiger partial charge in [0.1, 0.15) is 0 Å². The van der Waals surface area contributed by atoms with E-state index in [9.17, 15) is 9.59 Å². The predicted octanol–water partition coefficient (Wildman–Crippen LogP) is -0.628. The number of amides is 1. The van der Waals surface area contributed by atoms with Gasteiger partial charge in [0.2, 0.25) is 0 Å². The van der Waals surface area contributed by atoms with E-state index in [1.807, 2.05) is 0 Å². The van der Waals surface area contributed by atoms with Crippen molar-refractivity contribution >= 4 is 11.9 Å². The number of hydrogen-bond donors (Lipinski definition) is 1. The highest BCUT2D eigenvalue weighted by Gasteiger charge is 2.25. The molecule has 0 radical (unpaired) electrons. The summed E-state index contributed by atoms with van der Waals surface area (Å²) in [6.45, 7) is 2.94. The molecule has 16 heavy (non-hydrogen) atoms. The first-order chi connectivity index (χ1) is 7.54. The molecule has 0 saturated heterocycles. The summed E-state index contributed by atoms with van der Waals surface area (Å²) in [5, 5.41) is 0. The Kier molecular flexibility index (Phi) is 7.49. The molecular weight excluding hydrogens is 212 g/mol. The molecule has 0 aromatic heterocycles. The first kappa shape index (κ1) is 14.9. The fourth-order valence-electron chi connectivity index (χ4n) is 1.13. The molecule has 0 aromatic carbocycles. The Hall–Kier alpha value is -1.14. The maximum Gasteiger partial charge on any atom is 0.332 e. The molecule has 1 unspecified atom stereocenters. The number of carbonyl (C=O) groups excluding carboxylic acids is 2. The molecule has 0 rings (SSSR count). The first-order valence-corrected chi connectivity index (χ1v) is 5.20. The van der Waals surface area contributed by atoms with Gasteiger partial charge in [0.05, 0.1) is 6.61 Å². The second-order valence-corrected chi connectivity index (χ2v) is 3.34. The third-order valence-corrected chi connectivity index (χ3v) is 2.02. The second-order valence-electron chi connectivity index (χ2n) is 3.34. The van der Waals surface area contributed by atoms with E-state index in [4.69, 9.17) is 10.5 Å². The smallest absolute Gasteiger partial charge is 0.332 e. The van der Waals surface area contributed by atoms with E-state index in [2.05, 4.69) is 4.74 Å². The monoisotopic (exact) mass is 232 g/mol. The molecule has 1 amide bonds. The van der Waals surface area contributed by atoms with E-state index in [1.165, 1.54) is 4.90 Å². The first-order valence-electron chi connectivity index (χ1n) is 5.20. The van der Waals surface area contributed by atoms with Crippen molar-refractivity contribution in [3.63, 3.8) is 0 Å². The van der Waals surface area contributed by atoms with Crippen LogP contribution < -0.4 is 5.73 Å². The number of nitrogens with two attached hydrogens (primary N) is 1. The standard InChI is InChI=1S/C10H20N2O4/c1-4-16-10(14)8(11)9(13)12(2)6-5-7-15-3/h8H,4-7,11H2,1-3H3. The summed E-state index contributed by atoms with van der Waals surface area (Å²) in [6.07, 6.45) is 0.703. The molecule has 0 aromatic rings. The number of rotatable bonds is 7. The van der Waals surface area contributed by atoms with Crippen molar-refractivity contribution in [2.75, 3.05) is 33.9 Å². The van der Waals surface area contributed by atoms with Crippen molar-refractivity contribution in [3.05, 3.63) is 0 Å². The molecule has 6 heteroatoms. The van der Waals surface area contributed by atoms with Crippen molar-refractivity contribution in [1.82, 2.24) is 4.90 Å². The van der Waals surface area contributed by atoms with Crippen molar-refractivity contribution in [1.29, 1.82) is 0 Å². The minimum Gasteiger partial charge on any atom is -0.464 e. The molecule has 0 aliphatic rings. The van der Waals surface area contributed by atoms with Crippen LogP contribution in [0.5, 0.6) is 0 Å². The van der Waals surface area contributed by atoms with Crippen LogP contribution in [-0.2, 0) is 19.1 Å². The highest BCUT2D eigenvalue weighted by Crippen LogP contribution is 1.95. The van der Waals surface area contributed by atoms with Gasteiger partial charge in [-0.15, -0.1) is 0 Å². The lowest BCUT2D eigenvalue weighted by Crippen LogP contribution is -2.47. The van der Waals surface area contributed by atoms with Crippen molar-refractivity contribution < 1.29 is 19.1 Å². The van der Waals surface area contributed by atoms with Gasteiger partial charge in [-0.05, 0) is 13.3 Å².